The fourth-order valence-corrected chi connectivity index (χ4v) is 2.56. The Bertz CT molecular complexity index is 419. The van der Waals surface area contributed by atoms with Crippen LogP contribution in [0.5, 0.6) is 0 Å². The third kappa shape index (κ3) is 2.56. The van der Waals surface area contributed by atoms with Crippen LogP contribution in [0, 0.1) is 5.92 Å². The van der Waals surface area contributed by atoms with Crippen LogP contribution >= 0.6 is 0 Å². The lowest BCUT2D eigenvalue weighted by Crippen LogP contribution is -2.18. The first-order chi connectivity index (χ1) is 8.49. The number of esters is 1. The van der Waals surface area contributed by atoms with E-state index in [4.69, 9.17) is 4.74 Å². The maximum Gasteiger partial charge on any atom is 0.334 e. The third-order valence-corrected chi connectivity index (χ3v) is 3.86. The molecule has 18 heavy (non-hydrogen) atoms. The number of ether oxygens (including phenoxy) is 1. The zero-order valence-corrected chi connectivity index (χ0v) is 10.8. The molecule has 0 aromatic rings. The minimum Gasteiger partial charge on any atom is -0.454 e. The van der Waals surface area contributed by atoms with Gasteiger partial charge in [0.2, 0.25) is 0 Å². The monoisotopic (exact) mass is 248 g/mol. The summed E-state index contributed by atoms with van der Waals surface area (Å²) >= 11 is 0. The minimum absolute atomic E-state index is 0.0227. The van der Waals surface area contributed by atoms with E-state index in [1.54, 1.807) is 0 Å². The molecule has 3 nitrogen and oxygen atoms in total. The number of hydrogen-bond donors (Lipinski definition) is 1. The van der Waals surface area contributed by atoms with Gasteiger partial charge < -0.3 is 9.84 Å². The van der Waals surface area contributed by atoms with Gasteiger partial charge in [0.25, 0.3) is 0 Å². The summed E-state index contributed by atoms with van der Waals surface area (Å²) in [5.74, 6) is -0.269. The van der Waals surface area contributed by atoms with E-state index in [1.807, 2.05) is 13.0 Å². The van der Waals surface area contributed by atoms with E-state index < -0.39 is 6.10 Å². The van der Waals surface area contributed by atoms with Crippen LogP contribution in [0.15, 0.2) is 36.0 Å². The number of carbonyl (C=O) groups excluding carboxylic acids is 1. The van der Waals surface area contributed by atoms with E-state index in [9.17, 15) is 9.90 Å². The molecule has 0 saturated carbocycles. The summed E-state index contributed by atoms with van der Waals surface area (Å²) in [5.41, 5.74) is 2.53. The van der Waals surface area contributed by atoms with Crippen LogP contribution in [0.1, 0.15) is 32.6 Å². The summed E-state index contributed by atoms with van der Waals surface area (Å²) in [6.07, 6.45) is 4.33. The maximum atomic E-state index is 11.6. The molecule has 1 fully saturated rings. The molecule has 1 heterocycles. The molecular formula is C15H20O3. The van der Waals surface area contributed by atoms with E-state index in [1.165, 1.54) is 0 Å². The number of aliphatic hydroxyl groups excluding tert-OH is 1. The summed E-state index contributed by atoms with van der Waals surface area (Å²) in [7, 11) is 0. The highest BCUT2D eigenvalue weighted by Gasteiger charge is 2.37. The largest absolute Gasteiger partial charge is 0.454 e. The highest BCUT2D eigenvalue weighted by molar-refractivity contribution is 5.91. The first kappa shape index (κ1) is 13.1. The van der Waals surface area contributed by atoms with Crippen molar-refractivity contribution >= 4 is 5.97 Å². The van der Waals surface area contributed by atoms with Crippen LogP contribution < -0.4 is 0 Å². The van der Waals surface area contributed by atoms with Crippen molar-refractivity contribution in [3.63, 3.8) is 0 Å². The van der Waals surface area contributed by atoms with Gasteiger partial charge in [-0.3, -0.25) is 0 Å². The SMILES string of the molecule is C=C1CC[C@H]2C(=C)C(=O)O[C@H]2/C=C(/C)CC[C@H]1O. The number of fused-ring (bicyclic) bond motifs is 1. The minimum atomic E-state index is -0.448. The Labute approximate surface area is 108 Å². The Morgan fingerprint density at radius 2 is 2.06 bits per heavy atom. The second-order valence-electron chi connectivity index (χ2n) is 5.27. The van der Waals surface area contributed by atoms with Gasteiger partial charge in [0.1, 0.15) is 6.10 Å². The van der Waals surface area contributed by atoms with Crippen LogP contribution in [0.25, 0.3) is 0 Å². The fourth-order valence-electron chi connectivity index (χ4n) is 2.56. The Hall–Kier alpha value is -1.35. The van der Waals surface area contributed by atoms with Gasteiger partial charge in [0.15, 0.2) is 0 Å². The maximum absolute atomic E-state index is 11.6. The van der Waals surface area contributed by atoms with E-state index in [2.05, 4.69) is 13.2 Å². The normalized spacial score (nSPS) is 36.7. The summed E-state index contributed by atoms with van der Waals surface area (Å²) in [6, 6.07) is 0. The van der Waals surface area contributed by atoms with Crippen LogP contribution in [-0.2, 0) is 9.53 Å². The molecule has 0 radical (unpaired) electrons. The zero-order chi connectivity index (χ0) is 13.3. The van der Waals surface area contributed by atoms with Crippen LogP contribution in [-0.4, -0.2) is 23.3 Å². The Morgan fingerprint density at radius 3 is 2.78 bits per heavy atom. The molecule has 0 amide bonds. The Balaban J connectivity index is 2.23. The van der Waals surface area contributed by atoms with E-state index >= 15 is 0 Å². The van der Waals surface area contributed by atoms with E-state index in [0.717, 1.165) is 24.0 Å². The molecular weight excluding hydrogens is 228 g/mol. The molecule has 0 aromatic carbocycles. The van der Waals surface area contributed by atoms with Gasteiger partial charge in [0.05, 0.1) is 6.10 Å². The predicted molar refractivity (Wildman–Crippen MR) is 69.9 cm³/mol. The first-order valence-electron chi connectivity index (χ1n) is 6.42. The quantitative estimate of drug-likeness (QED) is 0.407. The molecule has 98 valence electrons. The summed E-state index contributed by atoms with van der Waals surface area (Å²) in [4.78, 5) is 11.6. The molecule has 3 atom stereocenters. The summed E-state index contributed by atoms with van der Waals surface area (Å²) in [5, 5.41) is 9.93. The molecule has 2 aliphatic rings. The van der Waals surface area contributed by atoms with Crippen molar-refractivity contribution in [1.82, 2.24) is 0 Å². The molecule has 0 unspecified atom stereocenters. The molecule has 2 rings (SSSR count). The van der Waals surface area contributed by atoms with Crippen molar-refractivity contribution in [2.45, 2.75) is 44.8 Å². The van der Waals surface area contributed by atoms with Crippen molar-refractivity contribution in [2.24, 2.45) is 5.92 Å². The number of hydrogen-bond acceptors (Lipinski definition) is 3. The highest BCUT2D eigenvalue weighted by atomic mass is 16.5. The highest BCUT2D eigenvalue weighted by Crippen LogP contribution is 2.34. The van der Waals surface area contributed by atoms with Crippen LogP contribution in [0.4, 0.5) is 0 Å². The van der Waals surface area contributed by atoms with E-state index in [-0.39, 0.29) is 18.0 Å². The predicted octanol–water partition coefficient (Wildman–Crippen LogP) is 2.52. The number of aliphatic hydroxyl groups is 1. The second-order valence-corrected chi connectivity index (χ2v) is 5.27. The lowest BCUT2D eigenvalue weighted by atomic mass is 9.86. The fraction of sp³-hybridized carbons (Fsp3) is 0.533. The topological polar surface area (TPSA) is 46.5 Å². The number of rotatable bonds is 0. The molecule has 0 bridgehead atoms. The first-order valence-corrected chi connectivity index (χ1v) is 6.42. The van der Waals surface area contributed by atoms with Gasteiger partial charge in [-0.25, -0.2) is 4.79 Å². The number of allylic oxidation sites excluding steroid dienone is 1. The van der Waals surface area contributed by atoms with Crippen LogP contribution in [0.3, 0.4) is 0 Å². The van der Waals surface area contributed by atoms with Crippen molar-refractivity contribution in [3.05, 3.63) is 36.0 Å². The molecule has 1 aliphatic heterocycles. The lowest BCUT2D eigenvalue weighted by molar-refractivity contribution is -0.137. The third-order valence-electron chi connectivity index (χ3n) is 3.86. The Morgan fingerprint density at radius 1 is 1.33 bits per heavy atom. The van der Waals surface area contributed by atoms with Crippen molar-refractivity contribution in [3.8, 4) is 0 Å². The standard InChI is InChI=1S/C15H20O3/c1-9-4-7-13(16)10(2)5-6-12-11(3)15(17)18-14(12)8-9/h8,12-14,16H,2-7H2,1H3/b9-8-/t12-,13+,14-/m0/s1. The zero-order valence-electron chi connectivity index (χ0n) is 10.8. The van der Waals surface area contributed by atoms with Gasteiger partial charge in [-0.1, -0.05) is 18.7 Å². The molecule has 1 N–H and O–H groups in total. The molecule has 1 saturated heterocycles. The van der Waals surface area contributed by atoms with Crippen LogP contribution in [0.2, 0.25) is 0 Å². The smallest absolute Gasteiger partial charge is 0.334 e. The van der Waals surface area contributed by atoms with Gasteiger partial charge in [0, 0.05) is 11.5 Å². The van der Waals surface area contributed by atoms with Gasteiger partial charge in [-0.15, -0.1) is 0 Å². The van der Waals surface area contributed by atoms with Crippen molar-refractivity contribution < 1.29 is 14.6 Å². The van der Waals surface area contributed by atoms with Crippen molar-refractivity contribution in [2.75, 3.05) is 0 Å². The lowest BCUT2D eigenvalue weighted by Gasteiger charge is -2.21. The Kier molecular flexibility index (Phi) is 3.71. The molecule has 3 heteroatoms. The van der Waals surface area contributed by atoms with Crippen molar-refractivity contribution in [1.29, 1.82) is 0 Å². The summed E-state index contributed by atoms with van der Waals surface area (Å²) < 4.78 is 5.33. The average Bonchev–Trinajstić information content (AvgIpc) is 2.58. The number of carbonyl (C=O) groups is 1. The molecule has 0 aromatic heterocycles. The molecule has 0 spiro atoms. The van der Waals surface area contributed by atoms with Gasteiger partial charge >= 0.3 is 5.97 Å². The van der Waals surface area contributed by atoms with Gasteiger partial charge in [-0.2, -0.15) is 0 Å². The average molecular weight is 248 g/mol. The second kappa shape index (κ2) is 5.11. The molecule has 1 aliphatic carbocycles. The summed E-state index contributed by atoms with van der Waals surface area (Å²) in [6.45, 7) is 9.75. The van der Waals surface area contributed by atoms with Gasteiger partial charge in [-0.05, 0) is 44.3 Å². The van der Waals surface area contributed by atoms with E-state index in [0.29, 0.717) is 18.4 Å².